The number of likely N-dealkylation sites (tertiary alicyclic amines) is 1. The summed E-state index contributed by atoms with van der Waals surface area (Å²) < 4.78 is 18.3. The number of aliphatic hydroxyl groups is 1. The molecule has 6 nitrogen and oxygen atoms in total. The molecule has 0 aromatic heterocycles. The molecular weight excluding hydrogens is 335 g/mol. The number of aliphatic imine (C=N–C) groups is 1. The van der Waals surface area contributed by atoms with Crippen LogP contribution in [0.2, 0.25) is 0 Å². The van der Waals surface area contributed by atoms with E-state index in [9.17, 15) is 9.50 Å². The number of ether oxygens (including phenoxy) is 1. The molecule has 0 bridgehead atoms. The molecule has 0 radical (unpaired) electrons. The van der Waals surface area contributed by atoms with Crippen molar-refractivity contribution in [2.75, 3.05) is 45.9 Å². The maximum atomic E-state index is 12.8. The molecule has 1 aliphatic heterocycles. The molecule has 1 heterocycles. The first-order valence-corrected chi connectivity index (χ1v) is 9.48. The minimum atomic E-state index is -0.724. The van der Waals surface area contributed by atoms with E-state index in [1.807, 2.05) is 6.92 Å². The van der Waals surface area contributed by atoms with Gasteiger partial charge in [0.05, 0.1) is 6.54 Å². The largest absolute Gasteiger partial charge is 0.491 e. The molecule has 0 saturated carbocycles. The summed E-state index contributed by atoms with van der Waals surface area (Å²) >= 11 is 0. The second-order valence-corrected chi connectivity index (χ2v) is 6.47. The number of halogens is 1. The van der Waals surface area contributed by atoms with E-state index in [0.29, 0.717) is 11.7 Å². The van der Waals surface area contributed by atoms with Crippen LogP contribution < -0.4 is 15.4 Å². The third-order valence-electron chi connectivity index (χ3n) is 4.23. The highest BCUT2D eigenvalue weighted by Gasteiger charge is 2.10. The Balaban J connectivity index is 1.69. The molecule has 26 heavy (non-hydrogen) atoms. The van der Waals surface area contributed by atoms with Gasteiger partial charge in [0, 0.05) is 19.6 Å². The van der Waals surface area contributed by atoms with Gasteiger partial charge >= 0.3 is 0 Å². The van der Waals surface area contributed by atoms with Crippen molar-refractivity contribution in [2.24, 2.45) is 4.99 Å². The maximum absolute atomic E-state index is 12.8. The van der Waals surface area contributed by atoms with Gasteiger partial charge in [0.2, 0.25) is 0 Å². The fourth-order valence-corrected chi connectivity index (χ4v) is 2.83. The zero-order valence-corrected chi connectivity index (χ0v) is 15.6. The van der Waals surface area contributed by atoms with E-state index in [1.165, 1.54) is 56.6 Å². The Kier molecular flexibility index (Phi) is 9.20. The van der Waals surface area contributed by atoms with Crippen LogP contribution in [0.1, 0.15) is 26.2 Å². The first-order valence-electron chi connectivity index (χ1n) is 9.48. The van der Waals surface area contributed by atoms with Crippen LogP contribution in [0.15, 0.2) is 29.3 Å². The van der Waals surface area contributed by atoms with Crippen LogP contribution in [0.4, 0.5) is 4.39 Å². The van der Waals surface area contributed by atoms with Crippen LogP contribution in [0.3, 0.4) is 0 Å². The zero-order chi connectivity index (χ0) is 18.6. The third kappa shape index (κ3) is 8.01. The Morgan fingerprint density at radius 1 is 1.23 bits per heavy atom. The highest BCUT2D eigenvalue weighted by Crippen LogP contribution is 2.11. The average molecular weight is 366 g/mol. The van der Waals surface area contributed by atoms with Gasteiger partial charge in [-0.25, -0.2) is 4.39 Å². The SMILES string of the molecule is CCNC(=NCC(O)COc1ccc(F)cc1)NCCN1CCCCC1. The number of nitrogens with zero attached hydrogens (tertiary/aromatic N) is 2. The predicted octanol–water partition coefficient (Wildman–Crippen LogP) is 1.61. The van der Waals surface area contributed by atoms with Crippen LogP contribution >= 0.6 is 0 Å². The lowest BCUT2D eigenvalue weighted by molar-refractivity contribution is 0.114. The van der Waals surface area contributed by atoms with Crippen molar-refractivity contribution >= 4 is 5.96 Å². The number of hydrogen-bond donors (Lipinski definition) is 3. The van der Waals surface area contributed by atoms with Crippen molar-refractivity contribution in [3.8, 4) is 5.75 Å². The van der Waals surface area contributed by atoms with Gasteiger partial charge in [0.15, 0.2) is 5.96 Å². The van der Waals surface area contributed by atoms with E-state index in [1.54, 1.807) is 0 Å². The number of guanidine groups is 1. The molecule has 1 unspecified atom stereocenters. The molecule has 1 atom stereocenters. The van der Waals surface area contributed by atoms with E-state index < -0.39 is 6.10 Å². The molecule has 0 aliphatic carbocycles. The standard InChI is InChI=1S/C19H31FN4O2/c1-2-21-19(22-10-13-24-11-4-3-5-12-24)23-14-17(25)15-26-18-8-6-16(20)7-9-18/h6-9,17,25H,2-5,10-15H2,1H3,(H2,21,22,23). The number of piperidine rings is 1. The normalized spacial score (nSPS) is 17.0. The summed E-state index contributed by atoms with van der Waals surface area (Å²) in [5.41, 5.74) is 0. The van der Waals surface area contributed by atoms with E-state index in [0.717, 1.165) is 19.6 Å². The lowest BCUT2D eigenvalue weighted by atomic mass is 10.1. The Morgan fingerprint density at radius 3 is 2.65 bits per heavy atom. The summed E-state index contributed by atoms with van der Waals surface area (Å²) in [4.78, 5) is 6.87. The Bertz CT molecular complexity index is 533. The van der Waals surface area contributed by atoms with Gasteiger partial charge in [-0.05, 0) is 57.1 Å². The second kappa shape index (κ2) is 11.7. The molecule has 1 aliphatic rings. The maximum Gasteiger partial charge on any atom is 0.191 e. The molecular formula is C19H31FN4O2. The number of benzene rings is 1. The number of aliphatic hydroxyl groups excluding tert-OH is 1. The summed E-state index contributed by atoms with van der Waals surface area (Å²) in [6, 6.07) is 5.74. The molecule has 0 spiro atoms. The minimum Gasteiger partial charge on any atom is -0.491 e. The van der Waals surface area contributed by atoms with Crippen molar-refractivity contribution in [3.05, 3.63) is 30.1 Å². The quantitative estimate of drug-likeness (QED) is 0.458. The van der Waals surface area contributed by atoms with Gasteiger partial charge in [0.1, 0.15) is 24.3 Å². The number of hydrogen-bond acceptors (Lipinski definition) is 4. The number of nitrogens with one attached hydrogen (secondary N) is 2. The zero-order valence-electron chi connectivity index (χ0n) is 15.6. The average Bonchev–Trinajstić information content (AvgIpc) is 2.66. The molecule has 1 aromatic rings. The van der Waals surface area contributed by atoms with Crippen LogP contribution in [-0.4, -0.2) is 67.9 Å². The predicted molar refractivity (Wildman–Crippen MR) is 102 cm³/mol. The summed E-state index contributed by atoms with van der Waals surface area (Å²) in [5.74, 6) is 0.916. The van der Waals surface area contributed by atoms with Gasteiger partial charge < -0.3 is 25.4 Å². The molecule has 3 N–H and O–H groups in total. The molecule has 2 rings (SSSR count). The second-order valence-electron chi connectivity index (χ2n) is 6.47. The first-order chi connectivity index (χ1) is 12.7. The molecule has 1 aromatic carbocycles. The fourth-order valence-electron chi connectivity index (χ4n) is 2.83. The van der Waals surface area contributed by atoms with Crippen molar-refractivity contribution in [1.82, 2.24) is 15.5 Å². The summed E-state index contributed by atoms with van der Waals surface area (Å²) in [7, 11) is 0. The molecule has 1 saturated heterocycles. The summed E-state index contributed by atoms with van der Waals surface area (Å²) in [6.07, 6.45) is 3.19. The topological polar surface area (TPSA) is 69.1 Å². The van der Waals surface area contributed by atoms with Crippen LogP contribution in [0.5, 0.6) is 5.75 Å². The molecule has 7 heteroatoms. The van der Waals surface area contributed by atoms with Gasteiger partial charge in [-0.15, -0.1) is 0 Å². The lowest BCUT2D eigenvalue weighted by Gasteiger charge is -2.26. The van der Waals surface area contributed by atoms with E-state index >= 15 is 0 Å². The van der Waals surface area contributed by atoms with Gasteiger partial charge in [-0.2, -0.15) is 0 Å². The van der Waals surface area contributed by atoms with Gasteiger partial charge in [0.25, 0.3) is 0 Å². The van der Waals surface area contributed by atoms with Crippen LogP contribution in [0.25, 0.3) is 0 Å². The van der Waals surface area contributed by atoms with Crippen molar-refractivity contribution in [3.63, 3.8) is 0 Å². The highest BCUT2D eigenvalue weighted by molar-refractivity contribution is 5.79. The van der Waals surface area contributed by atoms with E-state index in [-0.39, 0.29) is 19.0 Å². The first kappa shape index (κ1) is 20.5. The van der Waals surface area contributed by atoms with Crippen molar-refractivity contribution in [1.29, 1.82) is 0 Å². The minimum absolute atomic E-state index is 0.113. The van der Waals surface area contributed by atoms with Gasteiger partial charge in [-0.1, -0.05) is 6.42 Å². The van der Waals surface area contributed by atoms with Crippen molar-refractivity contribution < 1.29 is 14.2 Å². The highest BCUT2D eigenvalue weighted by atomic mass is 19.1. The molecule has 146 valence electrons. The summed E-state index contributed by atoms with van der Waals surface area (Å²) in [5, 5.41) is 16.5. The van der Waals surface area contributed by atoms with E-state index in [2.05, 4.69) is 20.5 Å². The molecule has 0 amide bonds. The third-order valence-corrected chi connectivity index (χ3v) is 4.23. The fraction of sp³-hybridized carbons (Fsp3) is 0.632. The van der Waals surface area contributed by atoms with Crippen LogP contribution in [0, 0.1) is 5.82 Å². The van der Waals surface area contributed by atoms with E-state index in [4.69, 9.17) is 4.74 Å². The van der Waals surface area contributed by atoms with Gasteiger partial charge in [-0.3, -0.25) is 4.99 Å². The molecule has 1 fully saturated rings. The number of rotatable bonds is 9. The summed E-state index contributed by atoms with van der Waals surface area (Å²) in [6.45, 7) is 7.30. The van der Waals surface area contributed by atoms with Crippen molar-refractivity contribution in [2.45, 2.75) is 32.3 Å². The lowest BCUT2D eigenvalue weighted by Crippen LogP contribution is -2.43. The Labute approximate surface area is 155 Å². The van der Waals surface area contributed by atoms with Crippen LogP contribution in [-0.2, 0) is 0 Å². The monoisotopic (exact) mass is 366 g/mol. The Morgan fingerprint density at radius 2 is 1.96 bits per heavy atom. The smallest absolute Gasteiger partial charge is 0.191 e. The Hall–Kier alpha value is -1.86.